The summed E-state index contributed by atoms with van der Waals surface area (Å²) in [5, 5.41) is 0. The Bertz CT molecular complexity index is 170. The first-order chi connectivity index (χ1) is 4.24. The first-order valence-electron chi connectivity index (χ1n) is 3.60. The quantitative estimate of drug-likeness (QED) is 0.501. The molecule has 0 aromatic heterocycles. The van der Waals surface area contributed by atoms with Crippen LogP contribution in [-0.2, 0) is 0 Å². The molecule has 0 unspecified atom stereocenters. The Morgan fingerprint density at radius 3 is 2.33 bits per heavy atom. The van der Waals surface area contributed by atoms with Crippen molar-refractivity contribution in [1.82, 2.24) is 0 Å². The predicted octanol–water partition coefficient (Wildman–Crippen LogP) is 3.06. The SMILES string of the molecule is CCC1=C(C)C=C(C)C1. The largest absolute Gasteiger partial charge is 0.0690 e. The molecule has 0 saturated heterocycles. The fourth-order valence-electron chi connectivity index (χ4n) is 1.40. The zero-order chi connectivity index (χ0) is 6.85. The molecule has 1 aliphatic carbocycles. The van der Waals surface area contributed by atoms with Crippen molar-refractivity contribution in [3.8, 4) is 0 Å². The van der Waals surface area contributed by atoms with Gasteiger partial charge in [0.05, 0.1) is 0 Å². The van der Waals surface area contributed by atoms with Crippen LogP contribution in [0.5, 0.6) is 0 Å². The highest BCUT2D eigenvalue weighted by Crippen LogP contribution is 2.26. The third-order valence-corrected chi connectivity index (χ3v) is 1.94. The van der Waals surface area contributed by atoms with Crippen LogP contribution in [0.25, 0.3) is 0 Å². The van der Waals surface area contributed by atoms with E-state index in [9.17, 15) is 0 Å². The van der Waals surface area contributed by atoms with Gasteiger partial charge in [0.1, 0.15) is 0 Å². The van der Waals surface area contributed by atoms with Crippen LogP contribution in [0.3, 0.4) is 0 Å². The molecule has 1 aliphatic rings. The molecule has 0 heteroatoms. The van der Waals surface area contributed by atoms with E-state index in [0.717, 1.165) is 0 Å². The molecule has 50 valence electrons. The second kappa shape index (κ2) is 2.38. The summed E-state index contributed by atoms with van der Waals surface area (Å²) in [4.78, 5) is 0. The Hall–Kier alpha value is -0.520. The average molecular weight is 122 g/mol. The standard InChI is InChI=1S/C9H14/c1-4-9-6-7(2)5-8(9)3/h5H,4,6H2,1-3H3. The van der Waals surface area contributed by atoms with Gasteiger partial charge in [0.2, 0.25) is 0 Å². The molecule has 0 aromatic rings. The molecular weight excluding hydrogens is 108 g/mol. The van der Waals surface area contributed by atoms with E-state index in [-0.39, 0.29) is 0 Å². The van der Waals surface area contributed by atoms with Crippen molar-refractivity contribution in [1.29, 1.82) is 0 Å². The Labute approximate surface area is 57.3 Å². The summed E-state index contributed by atoms with van der Waals surface area (Å²) in [5.41, 5.74) is 4.63. The lowest BCUT2D eigenvalue weighted by molar-refractivity contribution is 1.00. The van der Waals surface area contributed by atoms with E-state index in [0.29, 0.717) is 0 Å². The lowest BCUT2D eigenvalue weighted by Gasteiger charge is -1.96. The Morgan fingerprint density at radius 1 is 1.44 bits per heavy atom. The summed E-state index contributed by atoms with van der Waals surface area (Å²) in [6.07, 6.45) is 4.74. The maximum atomic E-state index is 2.29. The normalized spacial score (nSPS) is 18.8. The third-order valence-electron chi connectivity index (χ3n) is 1.94. The second-order valence-corrected chi connectivity index (χ2v) is 2.81. The predicted molar refractivity (Wildman–Crippen MR) is 41.4 cm³/mol. The van der Waals surface area contributed by atoms with Gasteiger partial charge < -0.3 is 0 Å². The van der Waals surface area contributed by atoms with Crippen molar-refractivity contribution >= 4 is 0 Å². The van der Waals surface area contributed by atoms with Gasteiger partial charge in [-0.25, -0.2) is 0 Å². The Balaban J connectivity index is 2.72. The molecule has 0 fully saturated rings. The second-order valence-electron chi connectivity index (χ2n) is 2.81. The van der Waals surface area contributed by atoms with Crippen molar-refractivity contribution in [2.75, 3.05) is 0 Å². The summed E-state index contributed by atoms with van der Waals surface area (Å²) >= 11 is 0. The van der Waals surface area contributed by atoms with Crippen LogP contribution in [0, 0.1) is 0 Å². The van der Waals surface area contributed by atoms with E-state index in [1.807, 2.05) is 0 Å². The van der Waals surface area contributed by atoms with Crippen LogP contribution in [0.1, 0.15) is 33.6 Å². The van der Waals surface area contributed by atoms with Gasteiger partial charge in [0, 0.05) is 0 Å². The minimum Gasteiger partial charge on any atom is -0.0690 e. The number of allylic oxidation sites excluding steroid dienone is 4. The molecule has 0 radical (unpaired) electrons. The van der Waals surface area contributed by atoms with Crippen molar-refractivity contribution < 1.29 is 0 Å². The fraction of sp³-hybridized carbons (Fsp3) is 0.556. The van der Waals surface area contributed by atoms with Gasteiger partial charge >= 0.3 is 0 Å². The lowest BCUT2D eigenvalue weighted by Crippen LogP contribution is -1.77. The molecule has 1 rings (SSSR count). The minimum absolute atomic E-state index is 1.22. The topological polar surface area (TPSA) is 0 Å². The first-order valence-corrected chi connectivity index (χ1v) is 3.60. The van der Waals surface area contributed by atoms with Gasteiger partial charge in [-0.3, -0.25) is 0 Å². The van der Waals surface area contributed by atoms with E-state index in [4.69, 9.17) is 0 Å². The fourth-order valence-corrected chi connectivity index (χ4v) is 1.40. The molecule has 0 atom stereocenters. The molecule has 0 N–H and O–H groups in total. The first kappa shape index (κ1) is 6.60. The van der Waals surface area contributed by atoms with Crippen LogP contribution in [0.2, 0.25) is 0 Å². The summed E-state index contributed by atoms with van der Waals surface area (Å²) in [6, 6.07) is 0. The van der Waals surface area contributed by atoms with Gasteiger partial charge in [-0.2, -0.15) is 0 Å². The Morgan fingerprint density at radius 2 is 2.11 bits per heavy atom. The summed E-state index contributed by atoms with van der Waals surface area (Å²) in [5.74, 6) is 0. The van der Waals surface area contributed by atoms with Crippen LogP contribution in [-0.4, -0.2) is 0 Å². The van der Waals surface area contributed by atoms with Gasteiger partial charge in [0.15, 0.2) is 0 Å². The highest BCUT2D eigenvalue weighted by Gasteiger charge is 2.06. The maximum Gasteiger partial charge on any atom is -0.0102 e. The van der Waals surface area contributed by atoms with Crippen molar-refractivity contribution in [2.45, 2.75) is 33.6 Å². The average Bonchev–Trinajstić information content (AvgIpc) is 2.10. The molecule has 0 saturated carbocycles. The molecule has 0 spiro atoms. The molecular formula is C9H14. The number of hydrogen-bond donors (Lipinski definition) is 0. The van der Waals surface area contributed by atoms with E-state index in [2.05, 4.69) is 26.8 Å². The molecule has 0 aliphatic heterocycles. The maximum absolute atomic E-state index is 2.29. The summed E-state index contributed by atoms with van der Waals surface area (Å²) < 4.78 is 0. The van der Waals surface area contributed by atoms with E-state index in [1.165, 1.54) is 24.0 Å². The molecule has 0 bridgehead atoms. The van der Waals surface area contributed by atoms with E-state index in [1.54, 1.807) is 5.57 Å². The third kappa shape index (κ3) is 1.24. The van der Waals surface area contributed by atoms with Gasteiger partial charge in [-0.15, -0.1) is 0 Å². The zero-order valence-corrected chi connectivity index (χ0v) is 6.49. The van der Waals surface area contributed by atoms with Crippen LogP contribution >= 0.6 is 0 Å². The van der Waals surface area contributed by atoms with E-state index < -0.39 is 0 Å². The van der Waals surface area contributed by atoms with Crippen molar-refractivity contribution in [2.24, 2.45) is 0 Å². The minimum atomic E-state index is 1.22. The summed E-state index contributed by atoms with van der Waals surface area (Å²) in [6.45, 7) is 6.63. The Kier molecular flexibility index (Phi) is 1.75. The number of hydrogen-bond acceptors (Lipinski definition) is 0. The van der Waals surface area contributed by atoms with Crippen molar-refractivity contribution in [3.05, 3.63) is 22.8 Å². The monoisotopic (exact) mass is 122 g/mol. The van der Waals surface area contributed by atoms with Gasteiger partial charge in [0.25, 0.3) is 0 Å². The van der Waals surface area contributed by atoms with Crippen LogP contribution < -0.4 is 0 Å². The van der Waals surface area contributed by atoms with E-state index >= 15 is 0 Å². The highest BCUT2D eigenvalue weighted by atomic mass is 14.1. The zero-order valence-electron chi connectivity index (χ0n) is 6.49. The molecule has 0 heterocycles. The van der Waals surface area contributed by atoms with Gasteiger partial charge in [-0.1, -0.05) is 29.7 Å². The highest BCUT2D eigenvalue weighted by molar-refractivity contribution is 5.36. The molecule has 0 nitrogen and oxygen atoms in total. The molecule has 0 amide bonds. The van der Waals surface area contributed by atoms with Crippen LogP contribution in [0.15, 0.2) is 22.8 Å². The van der Waals surface area contributed by atoms with Crippen LogP contribution in [0.4, 0.5) is 0 Å². The van der Waals surface area contributed by atoms with Crippen molar-refractivity contribution in [3.63, 3.8) is 0 Å². The molecule has 9 heavy (non-hydrogen) atoms. The number of rotatable bonds is 1. The smallest absolute Gasteiger partial charge is 0.0102 e. The summed E-state index contributed by atoms with van der Waals surface area (Å²) in [7, 11) is 0. The lowest BCUT2D eigenvalue weighted by atomic mass is 10.1. The van der Waals surface area contributed by atoms with Gasteiger partial charge in [-0.05, 0) is 26.7 Å². The molecule has 0 aromatic carbocycles.